The predicted molar refractivity (Wildman–Crippen MR) is 70.6 cm³/mol. The Hall–Kier alpha value is -1.32. The minimum Gasteiger partial charge on any atom is -0.478 e. The lowest BCUT2D eigenvalue weighted by molar-refractivity contribution is 0.278. The van der Waals surface area contributed by atoms with Crippen LogP contribution in [-0.4, -0.2) is 23.6 Å². The van der Waals surface area contributed by atoms with Gasteiger partial charge in [-0.3, -0.25) is 0 Å². The van der Waals surface area contributed by atoms with Crippen LogP contribution in [0.25, 0.3) is 0 Å². The molecule has 4 nitrogen and oxygen atoms in total. The van der Waals surface area contributed by atoms with Gasteiger partial charge in [0.1, 0.15) is 11.6 Å². The molecule has 1 rings (SSSR count). The van der Waals surface area contributed by atoms with E-state index in [0.717, 1.165) is 18.1 Å². The number of hydrogen-bond donors (Lipinski definition) is 1. The third-order valence-electron chi connectivity index (χ3n) is 2.44. The van der Waals surface area contributed by atoms with Crippen LogP contribution in [0, 0.1) is 5.92 Å². The molecular formula is C13H23N3O. The number of aromatic nitrogens is 2. The first-order valence-corrected chi connectivity index (χ1v) is 6.22. The molecule has 0 unspecified atom stereocenters. The molecule has 0 aliphatic heterocycles. The number of rotatable bonds is 6. The molecule has 0 aromatic carbocycles. The fourth-order valence-electron chi connectivity index (χ4n) is 1.30. The van der Waals surface area contributed by atoms with E-state index in [1.54, 1.807) is 0 Å². The Morgan fingerprint density at radius 1 is 1.24 bits per heavy atom. The maximum absolute atomic E-state index is 5.66. The number of nitrogens with one attached hydrogen (secondary N) is 1. The number of ether oxygens (including phenoxy) is 1. The molecule has 0 spiro atoms. The van der Waals surface area contributed by atoms with Gasteiger partial charge in [0.05, 0.1) is 6.61 Å². The highest BCUT2D eigenvalue weighted by Crippen LogP contribution is 2.18. The highest BCUT2D eigenvalue weighted by atomic mass is 16.5. The largest absolute Gasteiger partial charge is 0.478 e. The minimum atomic E-state index is 0.302. The third kappa shape index (κ3) is 4.59. The van der Waals surface area contributed by atoms with Crippen LogP contribution in [0.2, 0.25) is 0 Å². The Bertz CT molecular complexity index is 351. The van der Waals surface area contributed by atoms with E-state index in [1.807, 2.05) is 13.1 Å². The van der Waals surface area contributed by atoms with Crippen LogP contribution in [0.4, 0.5) is 5.82 Å². The maximum Gasteiger partial charge on any atom is 0.218 e. The Morgan fingerprint density at radius 2 is 1.94 bits per heavy atom. The average Bonchev–Trinajstić information content (AvgIpc) is 2.28. The monoisotopic (exact) mass is 237 g/mol. The molecule has 1 heterocycles. The van der Waals surface area contributed by atoms with Crippen molar-refractivity contribution in [1.29, 1.82) is 0 Å². The molecule has 0 aliphatic rings. The maximum atomic E-state index is 5.66. The average molecular weight is 237 g/mol. The van der Waals surface area contributed by atoms with E-state index in [9.17, 15) is 0 Å². The summed E-state index contributed by atoms with van der Waals surface area (Å²) >= 11 is 0. The summed E-state index contributed by atoms with van der Waals surface area (Å²) in [5.41, 5.74) is 0. The molecule has 0 fully saturated rings. The molecule has 0 radical (unpaired) electrons. The van der Waals surface area contributed by atoms with E-state index in [2.05, 4.69) is 43.0 Å². The van der Waals surface area contributed by atoms with E-state index in [0.29, 0.717) is 24.3 Å². The van der Waals surface area contributed by atoms with Crippen LogP contribution in [-0.2, 0) is 0 Å². The SMILES string of the molecule is CNc1cc(OCCC(C)C)nc(C(C)C)n1. The fourth-order valence-corrected chi connectivity index (χ4v) is 1.30. The van der Waals surface area contributed by atoms with Gasteiger partial charge in [-0.25, -0.2) is 4.98 Å². The van der Waals surface area contributed by atoms with Crippen LogP contribution in [0.1, 0.15) is 45.9 Å². The minimum absolute atomic E-state index is 0.302. The standard InChI is InChI=1S/C13H23N3O/c1-9(2)6-7-17-12-8-11(14-5)15-13(16-12)10(3)4/h8-10H,6-7H2,1-5H3,(H,14,15,16). The Balaban J connectivity index is 2.73. The first kappa shape index (κ1) is 13.7. The van der Waals surface area contributed by atoms with Gasteiger partial charge in [0.15, 0.2) is 0 Å². The fraction of sp³-hybridized carbons (Fsp3) is 0.692. The van der Waals surface area contributed by atoms with Gasteiger partial charge in [0.25, 0.3) is 0 Å². The quantitative estimate of drug-likeness (QED) is 0.826. The van der Waals surface area contributed by atoms with Crippen molar-refractivity contribution >= 4 is 5.82 Å². The van der Waals surface area contributed by atoms with E-state index in [1.165, 1.54) is 0 Å². The second kappa shape index (κ2) is 6.42. The van der Waals surface area contributed by atoms with Crippen LogP contribution < -0.4 is 10.1 Å². The van der Waals surface area contributed by atoms with Crippen molar-refractivity contribution in [2.24, 2.45) is 5.92 Å². The number of anilines is 1. The molecule has 1 aromatic rings. The first-order valence-electron chi connectivity index (χ1n) is 6.22. The van der Waals surface area contributed by atoms with Gasteiger partial charge < -0.3 is 10.1 Å². The lowest BCUT2D eigenvalue weighted by atomic mass is 10.1. The van der Waals surface area contributed by atoms with Crippen molar-refractivity contribution in [3.63, 3.8) is 0 Å². The van der Waals surface area contributed by atoms with Gasteiger partial charge in [-0.2, -0.15) is 4.98 Å². The van der Waals surface area contributed by atoms with Crippen molar-refractivity contribution < 1.29 is 4.74 Å². The number of hydrogen-bond acceptors (Lipinski definition) is 4. The summed E-state index contributed by atoms with van der Waals surface area (Å²) in [5, 5.41) is 3.03. The molecule has 0 atom stereocenters. The van der Waals surface area contributed by atoms with Crippen molar-refractivity contribution in [2.75, 3.05) is 19.0 Å². The second-order valence-corrected chi connectivity index (χ2v) is 4.89. The van der Waals surface area contributed by atoms with Crippen LogP contribution >= 0.6 is 0 Å². The summed E-state index contributed by atoms with van der Waals surface area (Å²) in [6.07, 6.45) is 1.04. The van der Waals surface area contributed by atoms with Crippen molar-refractivity contribution in [3.8, 4) is 5.88 Å². The van der Waals surface area contributed by atoms with Crippen molar-refractivity contribution in [3.05, 3.63) is 11.9 Å². The Kier molecular flexibility index (Phi) is 5.19. The summed E-state index contributed by atoms with van der Waals surface area (Å²) in [6, 6.07) is 1.84. The highest BCUT2D eigenvalue weighted by molar-refractivity contribution is 5.38. The smallest absolute Gasteiger partial charge is 0.218 e. The summed E-state index contributed by atoms with van der Waals surface area (Å²) in [5.74, 6) is 3.23. The van der Waals surface area contributed by atoms with Gasteiger partial charge in [-0.05, 0) is 12.3 Å². The molecule has 0 saturated carbocycles. The summed E-state index contributed by atoms with van der Waals surface area (Å²) in [7, 11) is 1.85. The Labute approximate surface area is 104 Å². The lowest BCUT2D eigenvalue weighted by Gasteiger charge is -2.11. The molecule has 0 bridgehead atoms. The topological polar surface area (TPSA) is 47.0 Å². The van der Waals surface area contributed by atoms with E-state index < -0.39 is 0 Å². The van der Waals surface area contributed by atoms with Crippen LogP contribution in [0.5, 0.6) is 5.88 Å². The second-order valence-electron chi connectivity index (χ2n) is 4.89. The van der Waals surface area contributed by atoms with Crippen molar-refractivity contribution in [2.45, 2.75) is 40.0 Å². The Morgan fingerprint density at radius 3 is 2.47 bits per heavy atom. The molecule has 4 heteroatoms. The zero-order valence-corrected chi connectivity index (χ0v) is 11.4. The van der Waals surface area contributed by atoms with Gasteiger partial charge in [-0.15, -0.1) is 0 Å². The molecule has 1 aromatic heterocycles. The molecular weight excluding hydrogens is 214 g/mol. The molecule has 17 heavy (non-hydrogen) atoms. The molecule has 0 saturated heterocycles. The van der Waals surface area contributed by atoms with E-state index in [-0.39, 0.29) is 0 Å². The molecule has 96 valence electrons. The summed E-state index contributed by atoms with van der Waals surface area (Å²) in [4.78, 5) is 8.80. The molecule has 0 aliphatic carbocycles. The third-order valence-corrected chi connectivity index (χ3v) is 2.44. The van der Waals surface area contributed by atoms with E-state index in [4.69, 9.17) is 4.74 Å². The van der Waals surface area contributed by atoms with Gasteiger partial charge in [-0.1, -0.05) is 27.7 Å². The van der Waals surface area contributed by atoms with Gasteiger partial charge in [0, 0.05) is 19.0 Å². The zero-order valence-electron chi connectivity index (χ0n) is 11.4. The summed E-state index contributed by atoms with van der Waals surface area (Å²) in [6.45, 7) is 9.22. The molecule has 0 amide bonds. The lowest BCUT2D eigenvalue weighted by Crippen LogP contribution is -2.07. The summed E-state index contributed by atoms with van der Waals surface area (Å²) < 4.78 is 5.66. The first-order chi connectivity index (χ1) is 8.02. The predicted octanol–water partition coefficient (Wildman–Crippen LogP) is 3.07. The van der Waals surface area contributed by atoms with E-state index >= 15 is 0 Å². The highest BCUT2D eigenvalue weighted by Gasteiger charge is 2.08. The zero-order chi connectivity index (χ0) is 12.8. The molecule has 1 N–H and O–H groups in total. The van der Waals surface area contributed by atoms with Gasteiger partial charge >= 0.3 is 0 Å². The van der Waals surface area contributed by atoms with Crippen LogP contribution in [0.3, 0.4) is 0 Å². The van der Waals surface area contributed by atoms with Crippen molar-refractivity contribution in [1.82, 2.24) is 9.97 Å². The number of nitrogens with zero attached hydrogens (tertiary/aromatic N) is 2. The van der Waals surface area contributed by atoms with Gasteiger partial charge in [0.2, 0.25) is 5.88 Å². The van der Waals surface area contributed by atoms with Crippen LogP contribution in [0.15, 0.2) is 6.07 Å². The normalized spacial score (nSPS) is 11.0.